The van der Waals surface area contributed by atoms with Crippen LogP contribution in [-0.4, -0.2) is 32.2 Å². The number of hydrogen-bond acceptors (Lipinski definition) is 5. The third-order valence-corrected chi connectivity index (χ3v) is 4.60. The van der Waals surface area contributed by atoms with Crippen molar-refractivity contribution in [2.45, 2.75) is 46.1 Å². The summed E-state index contributed by atoms with van der Waals surface area (Å²) in [7, 11) is 0. The van der Waals surface area contributed by atoms with Gasteiger partial charge in [0, 0.05) is 23.9 Å². The lowest BCUT2D eigenvalue weighted by molar-refractivity contribution is -0.141. The Labute approximate surface area is 162 Å². The van der Waals surface area contributed by atoms with Crippen molar-refractivity contribution >= 4 is 27.5 Å². The number of hydrogen-bond donors (Lipinski definition) is 1. The molecule has 0 saturated heterocycles. The van der Waals surface area contributed by atoms with E-state index in [0.29, 0.717) is 17.0 Å². The predicted octanol–water partition coefficient (Wildman–Crippen LogP) is 3.86. The largest absolute Gasteiger partial charge is 0.383 e. The summed E-state index contributed by atoms with van der Waals surface area (Å²) in [5.41, 5.74) is 0.497. The highest BCUT2D eigenvalue weighted by Crippen LogP contribution is 2.31. The molecule has 0 saturated carbocycles. The number of benzene rings is 1. The standard InChI is InChI=1S/C20H23BrN2O3/c1-11(2)17(24)16(18(25)20(4,5)26)15-8-13(7-6-12(15)3)19-22-9-14(21)10-23-19/h6-11,16,26H,1-5H3. The molecule has 1 atom stereocenters. The Kier molecular flexibility index (Phi) is 6.09. The fourth-order valence-corrected chi connectivity index (χ4v) is 2.87. The zero-order chi connectivity index (χ0) is 19.6. The summed E-state index contributed by atoms with van der Waals surface area (Å²) in [5, 5.41) is 10.2. The molecule has 6 heteroatoms. The average Bonchev–Trinajstić information content (AvgIpc) is 2.56. The Hall–Kier alpha value is -1.92. The Bertz CT molecular complexity index is 824. The van der Waals surface area contributed by atoms with Gasteiger partial charge in [-0.15, -0.1) is 0 Å². The van der Waals surface area contributed by atoms with E-state index in [1.165, 1.54) is 13.8 Å². The Morgan fingerprint density at radius 2 is 1.73 bits per heavy atom. The third kappa shape index (κ3) is 4.43. The summed E-state index contributed by atoms with van der Waals surface area (Å²) < 4.78 is 0.763. The second-order valence-electron chi connectivity index (χ2n) is 7.21. The number of rotatable bonds is 6. The van der Waals surface area contributed by atoms with Gasteiger partial charge >= 0.3 is 0 Å². The van der Waals surface area contributed by atoms with Crippen LogP contribution in [0, 0.1) is 12.8 Å². The Morgan fingerprint density at radius 1 is 1.15 bits per heavy atom. The Morgan fingerprint density at radius 3 is 2.23 bits per heavy atom. The van der Waals surface area contributed by atoms with Gasteiger partial charge in [0.2, 0.25) is 0 Å². The predicted molar refractivity (Wildman–Crippen MR) is 104 cm³/mol. The molecule has 1 unspecified atom stereocenters. The lowest BCUT2D eigenvalue weighted by Crippen LogP contribution is -2.40. The van der Waals surface area contributed by atoms with Crippen molar-refractivity contribution < 1.29 is 14.7 Å². The molecule has 0 radical (unpaired) electrons. The van der Waals surface area contributed by atoms with Crippen LogP contribution in [0.5, 0.6) is 0 Å². The van der Waals surface area contributed by atoms with Gasteiger partial charge in [0.25, 0.3) is 0 Å². The fourth-order valence-electron chi connectivity index (χ4n) is 2.66. The fraction of sp³-hybridized carbons (Fsp3) is 0.400. The lowest BCUT2D eigenvalue weighted by Gasteiger charge is -2.26. The second-order valence-corrected chi connectivity index (χ2v) is 8.13. The van der Waals surface area contributed by atoms with Crippen LogP contribution in [0.4, 0.5) is 0 Å². The normalized spacial score (nSPS) is 12.9. The van der Waals surface area contributed by atoms with Crippen molar-refractivity contribution in [1.82, 2.24) is 9.97 Å². The molecule has 0 fully saturated rings. The van der Waals surface area contributed by atoms with Gasteiger partial charge in [-0.2, -0.15) is 0 Å². The van der Waals surface area contributed by atoms with E-state index in [0.717, 1.165) is 10.0 Å². The Balaban J connectivity index is 2.60. The molecule has 1 aromatic carbocycles. The molecule has 26 heavy (non-hydrogen) atoms. The van der Waals surface area contributed by atoms with Crippen LogP contribution in [0.15, 0.2) is 35.1 Å². The van der Waals surface area contributed by atoms with Gasteiger partial charge in [0.15, 0.2) is 11.6 Å². The van der Waals surface area contributed by atoms with Gasteiger partial charge < -0.3 is 5.11 Å². The number of aliphatic hydroxyl groups is 1. The first-order valence-electron chi connectivity index (χ1n) is 8.41. The lowest BCUT2D eigenvalue weighted by atomic mass is 9.78. The molecular weight excluding hydrogens is 396 g/mol. The summed E-state index contributed by atoms with van der Waals surface area (Å²) in [6, 6.07) is 5.47. The maximum Gasteiger partial charge on any atom is 0.178 e. The van der Waals surface area contributed by atoms with E-state index in [1.807, 2.05) is 19.1 Å². The van der Waals surface area contributed by atoms with Gasteiger partial charge in [0.05, 0.1) is 4.47 Å². The molecule has 2 rings (SSSR count). The van der Waals surface area contributed by atoms with E-state index in [4.69, 9.17) is 0 Å². The molecule has 0 amide bonds. The van der Waals surface area contributed by atoms with Crippen LogP contribution >= 0.6 is 15.9 Å². The van der Waals surface area contributed by atoms with Crippen LogP contribution in [0.3, 0.4) is 0 Å². The summed E-state index contributed by atoms with van der Waals surface area (Å²) in [6.07, 6.45) is 3.28. The van der Waals surface area contributed by atoms with Crippen LogP contribution in [0.2, 0.25) is 0 Å². The van der Waals surface area contributed by atoms with E-state index in [9.17, 15) is 14.7 Å². The molecule has 0 aliphatic carbocycles. The number of ketones is 2. The number of carbonyl (C=O) groups is 2. The van der Waals surface area contributed by atoms with Crippen LogP contribution in [-0.2, 0) is 9.59 Å². The van der Waals surface area contributed by atoms with Gasteiger partial charge in [-0.05, 0) is 53.9 Å². The molecule has 1 aromatic heterocycles. The molecule has 138 valence electrons. The molecule has 2 aromatic rings. The van der Waals surface area contributed by atoms with Crippen LogP contribution < -0.4 is 0 Å². The topological polar surface area (TPSA) is 80.2 Å². The summed E-state index contributed by atoms with van der Waals surface area (Å²) in [4.78, 5) is 34.2. The monoisotopic (exact) mass is 418 g/mol. The van der Waals surface area contributed by atoms with E-state index in [2.05, 4.69) is 25.9 Å². The number of Topliss-reactive ketones (excluding diaryl/α,β-unsaturated/α-hetero) is 2. The number of aryl methyl sites for hydroxylation is 1. The summed E-state index contributed by atoms with van der Waals surface area (Å²) in [5.74, 6) is -1.58. The SMILES string of the molecule is Cc1ccc(-c2ncc(Br)cn2)cc1C(C(=O)C(C)C)C(=O)C(C)(C)O. The molecule has 1 N–H and O–H groups in total. The highest BCUT2D eigenvalue weighted by atomic mass is 79.9. The van der Waals surface area contributed by atoms with E-state index in [1.54, 1.807) is 32.3 Å². The zero-order valence-corrected chi connectivity index (χ0v) is 17.2. The van der Waals surface area contributed by atoms with Crippen molar-refractivity contribution in [2.75, 3.05) is 0 Å². The average molecular weight is 419 g/mol. The molecule has 0 spiro atoms. The van der Waals surface area contributed by atoms with E-state index >= 15 is 0 Å². The smallest absolute Gasteiger partial charge is 0.178 e. The second kappa shape index (κ2) is 7.76. The van der Waals surface area contributed by atoms with Crippen LogP contribution in [0.1, 0.15) is 44.7 Å². The maximum absolute atomic E-state index is 12.8. The molecule has 1 heterocycles. The van der Waals surface area contributed by atoms with Gasteiger partial charge in [0.1, 0.15) is 17.3 Å². The first kappa shape index (κ1) is 20.4. The first-order chi connectivity index (χ1) is 12.0. The molecule has 0 aliphatic rings. The van der Waals surface area contributed by atoms with Crippen molar-refractivity contribution in [2.24, 2.45) is 5.92 Å². The maximum atomic E-state index is 12.8. The van der Waals surface area contributed by atoms with Crippen molar-refractivity contribution in [3.05, 3.63) is 46.2 Å². The number of halogens is 1. The summed E-state index contributed by atoms with van der Waals surface area (Å²) >= 11 is 3.30. The first-order valence-corrected chi connectivity index (χ1v) is 9.20. The quantitative estimate of drug-likeness (QED) is 0.720. The number of aromatic nitrogens is 2. The van der Waals surface area contributed by atoms with Crippen LogP contribution in [0.25, 0.3) is 11.4 Å². The molecule has 5 nitrogen and oxygen atoms in total. The number of nitrogens with zero attached hydrogens (tertiary/aromatic N) is 2. The molecule has 0 bridgehead atoms. The van der Waals surface area contributed by atoms with Crippen molar-refractivity contribution in [1.29, 1.82) is 0 Å². The zero-order valence-electron chi connectivity index (χ0n) is 15.6. The van der Waals surface area contributed by atoms with Gasteiger partial charge in [-0.3, -0.25) is 9.59 Å². The minimum absolute atomic E-state index is 0.214. The third-order valence-electron chi connectivity index (χ3n) is 4.19. The van der Waals surface area contributed by atoms with Crippen molar-refractivity contribution in [3.63, 3.8) is 0 Å². The highest BCUT2D eigenvalue weighted by Gasteiger charge is 2.38. The van der Waals surface area contributed by atoms with Crippen molar-refractivity contribution in [3.8, 4) is 11.4 Å². The molecule has 0 aliphatic heterocycles. The minimum Gasteiger partial charge on any atom is -0.383 e. The van der Waals surface area contributed by atoms with Gasteiger partial charge in [-0.25, -0.2) is 9.97 Å². The number of carbonyl (C=O) groups excluding carboxylic acids is 2. The highest BCUT2D eigenvalue weighted by molar-refractivity contribution is 9.10. The van der Waals surface area contributed by atoms with Gasteiger partial charge in [-0.1, -0.05) is 26.0 Å². The summed E-state index contributed by atoms with van der Waals surface area (Å²) in [6.45, 7) is 8.17. The van der Waals surface area contributed by atoms with E-state index in [-0.39, 0.29) is 11.7 Å². The molecular formula is C20H23BrN2O3. The minimum atomic E-state index is -1.61. The van der Waals surface area contributed by atoms with E-state index < -0.39 is 17.3 Å².